The highest BCUT2D eigenvalue weighted by molar-refractivity contribution is 7.15. The average molecular weight is 412 g/mol. The number of amides is 1. The SMILES string of the molecule is Cc1nc2c(cc1C(=O)Nc1ncc(Cc3cccc(Cl)c3)s1)c(C)nn2C. The van der Waals surface area contributed by atoms with Crippen molar-refractivity contribution in [2.45, 2.75) is 20.3 Å². The molecule has 8 heteroatoms. The molecule has 4 rings (SSSR count). The quantitative estimate of drug-likeness (QED) is 0.535. The molecule has 28 heavy (non-hydrogen) atoms. The van der Waals surface area contributed by atoms with Crippen LogP contribution in [0.2, 0.25) is 5.02 Å². The summed E-state index contributed by atoms with van der Waals surface area (Å²) in [6, 6.07) is 9.56. The first-order valence-corrected chi connectivity index (χ1v) is 9.91. The smallest absolute Gasteiger partial charge is 0.259 e. The number of rotatable bonds is 4. The van der Waals surface area contributed by atoms with Gasteiger partial charge < -0.3 is 0 Å². The first kappa shape index (κ1) is 18.6. The molecule has 0 radical (unpaired) electrons. The average Bonchev–Trinajstić information content (AvgIpc) is 3.18. The zero-order valence-electron chi connectivity index (χ0n) is 15.7. The number of nitrogens with zero attached hydrogens (tertiary/aromatic N) is 4. The number of fused-ring (bicyclic) bond motifs is 1. The van der Waals surface area contributed by atoms with Crippen molar-refractivity contribution in [3.05, 3.63) is 68.9 Å². The standard InChI is InChI=1S/C20H18ClN5OS/c1-11-17(9-16-12(2)25-26(3)18(16)23-11)19(27)24-20-22-10-15(28-20)8-13-5-4-6-14(21)7-13/h4-7,9-10H,8H2,1-3H3,(H,22,24,27). The third-order valence-electron chi connectivity index (χ3n) is 4.48. The van der Waals surface area contributed by atoms with Crippen LogP contribution in [0.15, 0.2) is 36.5 Å². The number of pyridine rings is 1. The molecule has 0 saturated heterocycles. The van der Waals surface area contributed by atoms with Gasteiger partial charge in [0.25, 0.3) is 5.91 Å². The minimum atomic E-state index is -0.223. The number of nitrogens with one attached hydrogen (secondary N) is 1. The second-order valence-corrected chi connectivity index (χ2v) is 8.15. The Morgan fingerprint density at radius 1 is 1.25 bits per heavy atom. The molecule has 6 nitrogen and oxygen atoms in total. The van der Waals surface area contributed by atoms with Gasteiger partial charge in [-0.3, -0.25) is 14.8 Å². The van der Waals surface area contributed by atoms with Crippen molar-refractivity contribution in [2.24, 2.45) is 7.05 Å². The first-order chi connectivity index (χ1) is 13.4. The fourth-order valence-electron chi connectivity index (χ4n) is 3.12. The lowest BCUT2D eigenvalue weighted by molar-refractivity contribution is 0.102. The van der Waals surface area contributed by atoms with Gasteiger partial charge in [-0.1, -0.05) is 23.7 Å². The molecule has 0 aliphatic heterocycles. The highest BCUT2D eigenvalue weighted by Crippen LogP contribution is 2.24. The third kappa shape index (κ3) is 3.63. The van der Waals surface area contributed by atoms with Crippen LogP contribution in [0.3, 0.4) is 0 Å². The molecule has 3 aromatic heterocycles. The molecule has 1 aromatic carbocycles. The summed E-state index contributed by atoms with van der Waals surface area (Å²) >= 11 is 7.49. The van der Waals surface area contributed by atoms with Crippen LogP contribution in [0.4, 0.5) is 5.13 Å². The van der Waals surface area contributed by atoms with E-state index in [-0.39, 0.29) is 5.91 Å². The van der Waals surface area contributed by atoms with Crippen molar-refractivity contribution in [1.29, 1.82) is 0 Å². The number of anilines is 1. The van der Waals surface area contributed by atoms with E-state index in [9.17, 15) is 4.79 Å². The molecular formula is C20H18ClN5OS. The van der Waals surface area contributed by atoms with Crippen molar-refractivity contribution in [3.63, 3.8) is 0 Å². The second kappa shape index (κ2) is 7.33. The lowest BCUT2D eigenvalue weighted by Gasteiger charge is -2.06. The number of thiazole rings is 1. The number of hydrogen-bond acceptors (Lipinski definition) is 5. The predicted molar refractivity (Wildman–Crippen MR) is 112 cm³/mol. The first-order valence-electron chi connectivity index (χ1n) is 8.72. The molecule has 0 fully saturated rings. The molecule has 0 bridgehead atoms. The Hall–Kier alpha value is -2.77. The van der Waals surface area contributed by atoms with Gasteiger partial charge in [0.2, 0.25) is 0 Å². The van der Waals surface area contributed by atoms with Gasteiger partial charge in [0.1, 0.15) is 0 Å². The van der Waals surface area contributed by atoms with Gasteiger partial charge in [-0.05, 0) is 37.6 Å². The monoisotopic (exact) mass is 411 g/mol. The van der Waals surface area contributed by atoms with Crippen molar-refractivity contribution in [1.82, 2.24) is 19.7 Å². The Bertz CT molecular complexity index is 1200. The molecule has 3 heterocycles. The van der Waals surface area contributed by atoms with Crippen LogP contribution < -0.4 is 5.32 Å². The van der Waals surface area contributed by atoms with E-state index in [4.69, 9.17) is 11.6 Å². The van der Waals surface area contributed by atoms with Gasteiger partial charge >= 0.3 is 0 Å². The summed E-state index contributed by atoms with van der Waals surface area (Å²) in [4.78, 5) is 22.7. The highest BCUT2D eigenvalue weighted by Gasteiger charge is 2.16. The molecule has 0 aliphatic rings. The Kier molecular flexibility index (Phi) is 4.87. The van der Waals surface area contributed by atoms with Gasteiger partial charge in [0, 0.05) is 35.0 Å². The molecule has 4 aromatic rings. The second-order valence-electron chi connectivity index (χ2n) is 6.59. The van der Waals surface area contributed by atoms with Gasteiger partial charge in [-0.2, -0.15) is 5.10 Å². The third-order valence-corrected chi connectivity index (χ3v) is 5.62. The Morgan fingerprint density at radius 2 is 2.07 bits per heavy atom. The van der Waals surface area contributed by atoms with E-state index in [0.29, 0.717) is 21.4 Å². The van der Waals surface area contributed by atoms with Crippen molar-refractivity contribution in [3.8, 4) is 0 Å². The Balaban J connectivity index is 1.54. The van der Waals surface area contributed by atoms with Crippen molar-refractivity contribution in [2.75, 3.05) is 5.32 Å². The van der Waals surface area contributed by atoms with E-state index in [0.717, 1.165) is 33.6 Å². The van der Waals surface area contributed by atoms with Gasteiger partial charge in [-0.25, -0.2) is 9.97 Å². The number of carbonyl (C=O) groups excluding carboxylic acids is 1. The van der Waals surface area contributed by atoms with E-state index in [1.807, 2.05) is 51.2 Å². The predicted octanol–water partition coefficient (Wildman–Crippen LogP) is 4.54. The highest BCUT2D eigenvalue weighted by atomic mass is 35.5. The largest absolute Gasteiger partial charge is 0.298 e. The number of aryl methyl sites for hydroxylation is 3. The summed E-state index contributed by atoms with van der Waals surface area (Å²) in [5, 5.41) is 9.39. The number of benzene rings is 1. The van der Waals surface area contributed by atoms with Crippen molar-refractivity contribution >= 4 is 45.0 Å². The van der Waals surface area contributed by atoms with Gasteiger partial charge in [0.15, 0.2) is 10.8 Å². The van der Waals surface area contributed by atoms with E-state index < -0.39 is 0 Å². The summed E-state index contributed by atoms with van der Waals surface area (Å²) < 4.78 is 1.72. The maximum absolute atomic E-state index is 12.8. The lowest BCUT2D eigenvalue weighted by Crippen LogP contribution is -2.14. The number of halogens is 1. The van der Waals surface area contributed by atoms with E-state index in [1.54, 1.807) is 10.9 Å². The van der Waals surface area contributed by atoms with Crippen LogP contribution in [0.1, 0.15) is 32.2 Å². The number of carbonyl (C=O) groups is 1. The molecule has 0 spiro atoms. The van der Waals surface area contributed by atoms with Crippen LogP contribution in [-0.4, -0.2) is 25.7 Å². The zero-order chi connectivity index (χ0) is 19.8. The van der Waals surface area contributed by atoms with E-state index >= 15 is 0 Å². The maximum Gasteiger partial charge on any atom is 0.259 e. The number of aromatic nitrogens is 4. The lowest BCUT2D eigenvalue weighted by atomic mass is 10.1. The Morgan fingerprint density at radius 3 is 2.86 bits per heavy atom. The zero-order valence-corrected chi connectivity index (χ0v) is 17.2. The summed E-state index contributed by atoms with van der Waals surface area (Å²) in [7, 11) is 1.85. The minimum absolute atomic E-state index is 0.223. The summed E-state index contributed by atoms with van der Waals surface area (Å²) in [6.07, 6.45) is 2.50. The topological polar surface area (TPSA) is 72.7 Å². The summed E-state index contributed by atoms with van der Waals surface area (Å²) in [5.74, 6) is -0.223. The summed E-state index contributed by atoms with van der Waals surface area (Å²) in [5.41, 5.74) is 3.90. The molecule has 142 valence electrons. The van der Waals surface area contributed by atoms with E-state index in [2.05, 4.69) is 20.4 Å². The molecule has 0 atom stereocenters. The molecule has 1 N–H and O–H groups in total. The summed E-state index contributed by atoms with van der Waals surface area (Å²) in [6.45, 7) is 3.73. The fraction of sp³-hybridized carbons (Fsp3) is 0.200. The molecule has 0 aliphatic carbocycles. The van der Waals surface area contributed by atoms with Gasteiger partial charge in [0.05, 0.1) is 17.0 Å². The van der Waals surface area contributed by atoms with E-state index in [1.165, 1.54) is 11.3 Å². The minimum Gasteiger partial charge on any atom is -0.298 e. The van der Waals surface area contributed by atoms with Crippen LogP contribution in [0, 0.1) is 13.8 Å². The molecule has 0 saturated carbocycles. The molecular weight excluding hydrogens is 394 g/mol. The number of hydrogen-bond donors (Lipinski definition) is 1. The van der Waals surface area contributed by atoms with Crippen LogP contribution in [-0.2, 0) is 13.5 Å². The van der Waals surface area contributed by atoms with Crippen LogP contribution in [0.25, 0.3) is 11.0 Å². The van der Waals surface area contributed by atoms with Crippen molar-refractivity contribution < 1.29 is 4.79 Å². The molecule has 0 unspecified atom stereocenters. The Labute approximate surface area is 171 Å². The normalized spacial score (nSPS) is 11.1. The van der Waals surface area contributed by atoms with Crippen LogP contribution >= 0.6 is 22.9 Å². The maximum atomic E-state index is 12.8. The van der Waals surface area contributed by atoms with Crippen LogP contribution in [0.5, 0.6) is 0 Å². The molecule has 1 amide bonds. The fourth-order valence-corrected chi connectivity index (χ4v) is 4.18. The van der Waals surface area contributed by atoms with Gasteiger partial charge in [-0.15, -0.1) is 11.3 Å².